The molecule has 8 heteroatoms. The molecule has 2 aromatic carbocycles. The van der Waals surface area contributed by atoms with Crippen LogP contribution in [0.4, 0.5) is 23.7 Å². The first-order chi connectivity index (χ1) is 13.4. The van der Waals surface area contributed by atoms with Crippen molar-refractivity contribution >= 4 is 17.7 Å². The molecule has 156 valence electrons. The third kappa shape index (κ3) is 6.51. The first-order valence-corrected chi connectivity index (χ1v) is 8.90. The maximum absolute atomic E-state index is 13.1. The highest BCUT2D eigenvalue weighted by molar-refractivity contribution is 5.97. The largest absolute Gasteiger partial charge is 0.444 e. The minimum atomic E-state index is -4.54. The van der Waals surface area contributed by atoms with E-state index in [-0.39, 0.29) is 11.3 Å². The average Bonchev–Trinajstić information content (AvgIpc) is 2.59. The second-order valence-electron chi connectivity index (χ2n) is 7.51. The van der Waals surface area contributed by atoms with Crippen molar-refractivity contribution in [2.24, 2.45) is 0 Å². The molecule has 0 aliphatic carbocycles. The number of anilines is 1. The van der Waals surface area contributed by atoms with Crippen LogP contribution in [-0.2, 0) is 15.7 Å². The van der Waals surface area contributed by atoms with E-state index in [0.717, 1.165) is 6.07 Å². The van der Waals surface area contributed by atoms with Crippen molar-refractivity contribution in [3.8, 4) is 0 Å². The number of aryl methyl sites for hydroxylation is 1. The lowest BCUT2D eigenvalue weighted by Gasteiger charge is -2.23. The van der Waals surface area contributed by atoms with E-state index >= 15 is 0 Å². The van der Waals surface area contributed by atoms with E-state index in [1.54, 1.807) is 51.1 Å². The Labute approximate surface area is 167 Å². The summed E-state index contributed by atoms with van der Waals surface area (Å²) in [5.74, 6) is -0.695. The number of nitrogens with one attached hydrogen (secondary N) is 2. The van der Waals surface area contributed by atoms with Gasteiger partial charge in [-0.15, -0.1) is 0 Å². The summed E-state index contributed by atoms with van der Waals surface area (Å²) in [6.07, 6.45) is -5.36. The van der Waals surface area contributed by atoms with Gasteiger partial charge >= 0.3 is 12.3 Å². The molecule has 0 saturated carbocycles. The van der Waals surface area contributed by atoms with Crippen molar-refractivity contribution in [1.29, 1.82) is 0 Å². The van der Waals surface area contributed by atoms with Gasteiger partial charge < -0.3 is 15.4 Å². The Hall–Kier alpha value is -3.03. The number of alkyl carbamates (subject to hydrolysis) is 1. The van der Waals surface area contributed by atoms with E-state index < -0.39 is 35.4 Å². The van der Waals surface area contributed by atoms with E-state index in [0.29, 0.717) is 5.56 Å². The summed E-state index contributed by atoms with van der Waals surface area (Å²) in [7, 11) is 0. The molecule has 5 nitrogen and oxygen atoms in total. The molecule has 1 unspecified atom stereocenters. The third-order valence-electron chi connectivity index (χ3n) is 3.87. The van der Waals surface area contributed by atoms with Gasteiger partial charge in [0.05, 0.1) is 5.56 Å². The number of halogens is 3. The van der Waals surface area contributed by atoms with Gasteiger partial charge in [-0.05, 0) is 51.0 Å². The Morgan fingerprint density at radius 2 is 1.62 bits per heavy atom. The van der Waals surface area contributed by atoms with Crippen LogP contribution in [0.25, 0.3) is 0 Å². The van der Waals surface area contributed by atoms with Crippen LogP contribution in [0.2, 0.25) is 0 Å². The molecular formula is C21H23F3N2O3. The zero-order chi connectivity index (χ0) is 21.8. The number of carbonyl (C=O) groups is 2. The van der Waals surface area contributed by atoms with Crippen molar-refractivity contribution in [3.63, 3.8) is 0 Å². The average molecular weight is 408 g/mol. The number of amides is 2. The number of carbonyl (C=O) groups excluding carboxylic acids is 2. The van der Waals surface area contributed by atoms with Crippen molar-refractivity contribution in [2.75, 3.05) is 5.32 Å². The van der Waals surface area contributed by atoms with E-state index in [1.807, 2.05) is 0 Å². The molecule has 0 aliphatic rings. The van der Waals surface area contributed by atoms with Crippen molar-refractivity contribution in [1.82, 2.24) is 5.32 Å². The van der Waals surface area contributed by atoms with Crippen LogP contribution < -0.4 is 10.6 Å². The number of hydrogen-bond donors (Lipinski definition) is 2. The zero-order valence-electron chi connectivity index (χ0n) is 16.6. The molecule has 0 heterocycles. The molecule has 0 aliphatic heterocycles. The van der Waals surface area contributed by atoms with Gasteiger partial charge in [-0.3, -0.25) is 4.79 Å². The quantitative estimate of drug-likeness (QED) is 0.729. The number of benzene rings is 2. The van der Waals surface area contributed by atoms with E-state index in [2.05, 4.69) is 10.6 Å². The Morgan fingerprint density at radius 3 is 2.17 bits per heavy atom. The van der Waals surface area contributed by atoms with E-state index in [1.165, 1.54) is 19.1 Å². The SMILES string of the molecule is Cc1ccc(NC(=O)C(NC(=O)OC(C)(C)C)c2ccccc2)cc1C(F)(F)F. The van der Waals surface area contributed by atoms with Crippen molar-refractivity contribution < 1.29 is 27.5 Å². The molecule has 0 fully saturated rings. The predicted octanol–water partition coefficient (Wildman–Crippen LogP) is 5.22. The maximum Gasteiger partial charge on any atom is 0.416 e. The third-order valence-corrected chi connectivity index (χ3v) is 3.87. The molecule has 0 saturated heterocycles. The highest BCUT2D eigenvalue weighted by Crippen LogP contribution is 2.33. The molecule has 2 rings (SSSR count). The highest BCUT2D eigenvalue weighted by Gasteiger charge is 2.33. The number of ether oxygens (including phenoxy) is 1. The summed E-state index contributed by atoms with van der Waals surface area (Å²) >= 11 is 0. The Balaban J connectivity index is 2.27. The maximum atomic E-state index is 13.1. The standard InChI is InChI=1S/C21H23F3N2O3/c1-13-10-11-15(12-16(13)21(22,23)24)25-18(27)17(14-8-6-5-7-9-14)26-19(28)29-20(2,3)4/h5-12,17H,1-4H3,(H,25,27)(H,26,28). The van der Waals surface area contributed by atoms with Crippen LogP contribution in [0.5, 0.6) is 0 Å². The minimum absolute atomic E-state index is 0.0279. The van der Waals surface area contributed by atoms with E-state index in [4.69, 9.17) is 4.74 Å². The summed E-state index contributed by atoms with van der Waals surface area (Å²) in [4.78, 5) is 25.0. The zero-order valence-corrected chi connectivity index (χ0v) is 16.6. The lowest BCUT2D eigenvalue weighted by molar-refractivity contribution is -0.138. The predicted molar refractivity (Wildman–Crippen MR) is 103 cm³/mol. The fraction of sp³-hybridized carbons (Fsp3) is 0.333. The normalized spacial score (nSPS) is 12.8. The van der Waals surface area contributed by atoms with Crippen LogP contribution in [-0.4, -0.2) is 17.6 Å². The minimum Gasteiger partial charge on any atom is -0.444 e. The van der Waals surface area contributed by atoms with Gasteiger partial charge in [-0.2, -0.15) is 13.2 Å². The van der Waals surface area contributed by atoms with Crippen LogP contribution in [0, 0.1) is 6.92 Å². The van der Waals surface area contributed by atoms with Crippen LogP contribution in [0.15, 0.2) is 48.5 Å². The Morgan fingerprint density at radius 1 is 1.00 bits per heavy atom. The van der Waals surface area contributed by atoms with Gasteiger partial charge in [0.25, 0.3) is 5.91 Å². The molecule has 0 bridgehead atoms. The molecule has 0 aromatic heterocycles. The summed E-state index contributed by atoms with van der Waals surface area (Å²) in [5, 5.41) is 4.91. The summed E-state index contributed by atoms with van der Waals surface area (Å²) in [5.41, 5.74) is -1.15. The first-order valence-electron chi connectivity index (χ1n) is 8.90. The van der Waals surface area contributed by atoms with Gasteiger partial charge in [-0.25, -0.2) is 4.79 Å². The van der Waals surface area contributed by atoms with Crippen molar-refractivity contribution in [2.45, 2.75) is 45.5 Å². The smallest absolute Gasteiger partial charge is 0.416 e. The first kappa shape index (κ1) is 22.3. The van der Waals surface area contributed by atoms with Crippen LogP contribution in [0.3, 0.4) is 0 Å². The Kier molecular flexibility index (Phi) is 6.56. The number of hydrogen-bond acceptors (Lipinski definition) is 3. The molecule has 2 aromatic rings. The van der Waals surface area contributed by atoms with Crippen LogP contribution in [0.1, 0.15) is 43.5 Å². The molecular weight excluding hydrogens is 385 g/mol. The lowest BCUT2D eigenvalue weighted by Crippen LogP contribution is -2.40. The van der Waals surface area contributed by atoms with Gasteiger partial charge in [0.15, 0.2) is 0 Å². The molecule has 1 atom stereocenters. The number of alkyl halides is 3. The summed E-state index contributed by atoms with van der Waals surface area (Å²) < 4.78 is 44.6. The van der Waals surface area contributed by atoms with Gasteiger partial charge in [0.2, 0.25) is 0 Å². The fourth-order valence-corrected chi connectivity index (χ4v) is 2.59. The summed E-state index contributed by atoms with van der Waals surface area (Å²) in [6, 6.07) is 10.7. The topological polar surface area (TPSA) is 67.4 Å². The van der Waals surface area contributed by atoms with Gasteiger partial charge in [0.1, 0.15) is 11.6 Å². The molecule has 0 spiro atoms. The van der Waals surface area contributed by atoms with Gasteiger partial charge in [0, 0.05) is 5.69 Å². The molecule has 0 radical (unpaired) electrons. The molecule has 29 heavy (non-hydrogen) atoms. The van der Waals surface area contributed by atoms with Crippen LogP contribution >= 0.6 is 0 Å². The number of rotatable bonds is 4. The summed E-state index contributed by atoms with van der Waals surface area (Å²) in [6.45, 7) is 6.37. The molecule has 2 amide bonds. The van der Waals surface area contributed by atoms with Gasteiger partial charge in [-0.1, -0.05) is 36.4 Å². The van der Waals surface area contributed by atoms with Crippen molar-refractivity contribution in [3.05, 3.63) is 65.2 Å². The monoisotopic (exact) mass is 408 g/mol. The fourth-order valence-electron chi connectivity index (χ4n) is 2.59. The highest BCUT2D eigenvalue weighted by atomic mass is 19.4. The van der Waals surface area contributed by atoms with E-state index in [9.17, 15) is 22.8 Å². The second-order valence-corrected chi connectivity index (χ2v) is 7.51. The molecule has 2 N–H and O–H groups in total. The second kappa shape index (κ2) is 8.55. The Bertz CT molecular complexity index is 875. The lowest BCUT2D eigenvalue weighted by atomic mass is 10.0.